The second-order valence-corrected chi connectivity index (χ2v) is 8.98. The summed E-state index contributed by atoms with van der Waals surface area (Å²) in [4.78, 5) is 0. The molecule has 30 heavy (non-hydrogen) atoms. The molecule has 2 aromatic rings. The maximum absolute atomic E-state index is 14.7. The number of aromatic nitrogens is 2. The monoisotopic (exact) mass is 438 g/mol. The van der Waals surface area contributed by atoms with Crippen molar-refractivity contribution in [3.63, 3.8) is 0 Å². The Kier molecular flexibility index (Phi) is 11.3. The molecule has 6 heteroatoms. The molecular formula is C24H36F2N2OS. The molecule has 1 aromatic carbocycles. The van der Waals surface area contributed by atoms with Crippen molar-refractivity contribution < 1.29 is 13.5 Å². The Hall–Kier alpha value is -1.56. The van der Waals surface area contributed by atoms with Gasteiger partial charge in [0.1, 0.15) is 10.5 Å². The summed E-state index contributed by atoms with van der Waals surface area (Å²) >= 11 is 1.55. The predicted octanol–water partition coefficient (Wildman–Crippen LogP) is 8.02. The first-order chi connectivity index (χ1) is 14.6. The van der Waals surface area contributed by atoms with Gasteiger partial charge in [0.2, 0.25) is 5.82 Å². The molecule has 0 aliphatic heterocycles. The number of unbranched alkanes of at least 4 members (excludes halogenated alkanes) is 6. The number of hydrogen-bond acceptors (Lipinski definition) is 4. The molecular weight excluding hydrogens is 402 g/mol. The molecule has 0 saturated heterocycles. The van der Waals surface area contributed by atoms with Crippen molar-refractivity contribution >= 4 is 11.3 Å². The second-order valence-electron chi connectivity index (χ2n) is 8.11. The molecule has 1 heterocycles. The molecule has 0 amide bonds. The first-order valence-electron chi connectivity index (χ1n) is 11.4. The summed E-state index contributed by atoms with van der Waals surface area (Å²) in [5, 5.41) is 9.09. The highest BCUT2D eigenvalue weighted by atomic mass is 32.1. The fraction of sp³-hybridized carbons (Fsp3) is 0.667. The molecule has 3 nitrogen and oxygen atoms in total. The Bertz CT molecular complexity index is 724. The van der Waals surface area contributed by atoms with Gasteiger partial charge < -0.3 is 4.74 Å². The molecule has 0 bridgehead atoms. The van der Waals surface area contributed by atoms with E-state index in [-0.39, 0.29) is 11.7 Å². The second kappa shape index (κ2) is 13.7. The third kappa shape index (κ3) is 7.60. The lowest BCUT2D eigenvalue weighted by Crippen LogP contribution is -2.06. The van der Waals surface area contributed by atoms with Gasteiger partial charge in [0.15, 0.2) is 11.6 Å². The minimum absolute atomic E-state index is 0.0229. The van der Waals surface area contributed by atoms with Gasteiger partial charge in [-0.15, -0.1) is 21.5 Å². The van der Waals surface area contributed by atoms with E-state index in [9.17, 15) is 8.78 Å². The fourth-order valence-electron chi connectivity index (χ4n) is 3.75. The third-order valence-corrected chi connectivity index (χ3v) is 6.64. The number of ether oxygens (including phenoxy) is 1. The van der Waals surface area contributed by atoms with Crippen molar-refractivity contribution in [1.82, 2.24) is 10.2 Å². The van der Waals surface area contributed by atoms with Gasteiger partial charge in [0, 0.05) is 5.92 Å². The lowest BCUT2D eigenvalue weighted by molar-refractivity contribution is 0.284. The molecule has 2 atom stereocenters. The van der Waals surface area contributed by atoms with Gasteiger partial charge in [-0.05, 0) is 43.2 Å². The molecule has 2 unspecified atom stereocenters. The van der Waals surface area contributed by atoms with Crippen LogP contribution in [-0.4, -0.2) is 16.8 Å². The Morgan fingerprint density at radius 3 is 2.37 bits per heavy atom. The molecule has 1 aromatic heterocycles. The maximum Gasteiger partial charge on any atom is 0.200 e. The van der Waals surface area contributed by atoms with Crippen LogP contribution in [0.5, 0.6) is 5.75 Å². The summed E-state index contributed by atoms with van der Waals surface area (Å²) in [5.41, 5.74) is 2.16. The Morgan fingerprint density at radius 1 is 0.967 bits per heavy atom. The highest BCUT2D eigenvalue weighted by Crippen LogP contribution is 2.33. The van der Waals surface area contributed by atoms with Crippen LogP contribution in [0.15, 0.2) is 17.6 Å². The van der Waals surface area contributed by atoms with E-state index in [1.807, 2.05) is 6.92 Å². The Labute approximate surface area is 184 Å². The summed E-state index contributed by atoms with van der Waals surface area (Å²) in [6.45, 7) is 6.70. The third-order valence-electron chi connectivity index (χ3n) is 5.78. The van der Waals surface area contributed by atoms with Crippen LogP contribution in [-0.2, 0) is 0 Å². The van der Waals surface area contributed by atoms with Crippen LogP contribution in [0.3, 0.4) is 0 Å². The van der Waals surface area contributed by atoms with Crippen molar-refractivity contribution in [2.24, 2.45) is 0 Å². The van der Waals surface area contributed by atoms with E-state index in [0.717, 1.165) is 37.1 Å². The number of hydrogen-bond donors (Lipinski definition) is 0. The number of rotatable bonds is 15. The predicted molar refractivity (Wildman–Crippen MR) is 120 cm³/mol. The first kappa shape index (κ1) is 24.7. The van der Waals surface area contributed by atoms with Gasteiger partial charge in [-0.25, -0.2) is 4.39 Å². The number of benzene rings is 1. The topological polar surface area (TPSA) is 35.0 Å². The summed E-state index contributed by atoms with van der Waals surface area (Å²) in [7, 11) is 0. The van der Waals surface area contributed by atoms with Gasteiger partial charge in [0.05, 0.1) is 6.61 Å². The van der Waals surface area contributed by atoms with Crippen molar-refractivity contribution in [1.29, 1.82) is 0 Å². The van der Waals surface area contributed by atoms with E-state index >= 15 is 0 Å². The van der Waals surface area contributed by atoms with Crippen LogP contribution in [0.25, 0.3) is 0 Å². The van der Waals surface area contributed by atoms with Gasteiger partial charge >= 0.3 is 0 Å². The van der Waals surface area contributed by atoms with Gasteiger partial charge in [0.25, 0.3) is 0 Å². The van der Waals surface area contributed by atoms with Crippen LogP contribution >= 0.6 is 11.3 Å². The number of nitrogens with zero attached hydrogens (tertiary/aromatic N) is 2. The molecule has 0 aliphatic carbocycles. The van der Waals surface area contributed by atoms with Crippen LogP contribution in [0, 0.1) is 11.6 Å². The average molecular weight is 439 g/mol. The van der Waals surface area contributed by atoms with E-state index in [1.165, 1.54) is 32.1 Å². The highest BCUT2D eigenvalue weighted by Gasteiger charge is 2.21. The molecule has 168 valence electrons. The SMILES string of the molecule is CCCCCCCCCOc1ccc(C(C)CCC(CC)c2nncs2)c(F)c1F. The van der Waals surface area contributed by atoms with Crippen LogP contribution in [0.4, 0.5) is 8.78 Å². The minimum Gasteiger partial charge on any atom is -0.490 e. The molecule has 0 N–H and O–H groups in total. The van der Waals surface area contributed by atoms with Crippen molar-refractivity contribution in [3.8, 4) is 5.75 Å². The van der Waals surface area contributed by atoms with E-state index in [1.54, 1.807) is 29.0 Å². The Balaban J connectivity index is 1.81. The minimum atomic E-state index is -0.863. The quantitative estimate of drug-likeness (QED) is 0.264. The van der Waals surface area contributed by atoms with Crippen molar-refractivity contribution in [2.45, 2.75) is 96.8 Å². The fourth-order valence-corrected chi connectivity index (χ4v) is 4.52. The van der Waals surface area contributed by atoms with Crippen molar-refractivity contribution in [3.05, 3.63) is 39.8 Å². The zero-order valence-corrected chi connectivity index (χ0v) is 19.4. The van der Waals surface area contributed by atoms with Gasteiger partial charge in [-0.1, -0.05) is 65.4 Å². The maximum atomic E-state index is 14.7. The summed E-state index contributed by atoms with van der Waals surface area (Å²) in [6, 6.07) is 3.25. The van der Waals surface area contributed by atoms with Crippen LogP contribution in [0.2, 0.25) is 0 Å². The smallest absolute Gasteiger partial charge is 0.200 e. The van der Waals surface area contributed by atoms with E-state index in [4.69, 9.17) is 4.74 Å². The summed E-state index contributed by atoms with van der Waals surface area (Å²) in [6.07, 6.45) is 10.8. The lowest BCUT2D eigenvalue weighted by Gasteiger charge is -2.18. The van der Waals surface area contributed by atoms with Crippen molar-refractivity contribution in [2.75, 3.05) is 6.61 Å². The first-order valence-corrected chi connectivity index (χ1v) is 12.3. The van der Waals surface area contributed by atoms with Crippen LogP contribution in [0.1, 0.15) is 107 Å². The van der Waals surface area contributed by atoms with E-state index in [2.05, 4.69) is 24.0 Å². The summed E-state index contributed by atoms with van der Waals surface area (Å²) < 4.78 is 34.7. The molecule has 2 rings (SSSR count). The molecule has 0 spiro atoms. The zero-order valence-electron chi connectivity index (χ0n) is 18.6. The average Bonchev–Trinajstić information content (AvgIpc) is 3.28. The Morgan fingerprint density at radius 2 is 1.70 bits per heavy atom. The zero-order chi connectivity index (χ0) is 21.8. The van der Waals surface area contributed by atoms with E-state index < -0.39 is 11.6 Å². The summed E-state index contributed by atoms with van der Waals surface area (Å²) in [5.74, 6) is -1.37. The van der Waals surface area contributed by atoms with Gasteiger partial charge in [-0.2, -0.15) is 4.39 Å². The highest BCUT2D eigenvalue weighted by molar-refractivity contribution is 7.09. The molecule has 0 radical (unpaired) electrons. The number of halogens is 2. The largest absolute Gasteiger partial charge is 0.490 e. The van der Waals surface area contributed by atoms with E-state index in [0.29, 0.717) is 18.1 Å². The van der Waals surface area contributed by atoms with Crippen LogP contribution < -0.4 is 4.74 Å². The lowest BCUT2D eigenvalue weighted by atomic mass is 9.90. The normalized spacial score (nSPS) is 13.4. The molecule has 0 aliphatic rings. The molecule has 0 saturated carbocycles. The molecule has 0 fully saturated rings. The van der Waals surface area contributed by atoms with Gasteiger partial charge in [-0.3, -0.25) is 0 Å². The standard InChI is InChI=1S/C24H36F2N2OS/c1-4-6-7-8-9-10-11-16-29-21-15-14-20(22(25)23(21)26)18(3)12-13-19(5-2)24-28-27-17-30-24/h14-15,17-19H,4-13,16H2,1-3H3.